The van der Waals surface area contributed by atoms with Crippen LogP contribution in [0.4, 0.5) is 0 Å². The molecule has 1 nitrogen and oxygen atoms in total. The fraction of sp³-hybridized carbons (Fsp3) is 0.909. The Hall–Kier alpha value is -0.330. The van der Waals surface area contributed by atoms with E-state index in [0.717, 1.165) is 18.3 Å². The van der Waals surface area contributed by atoms with E-state index in [1.807, 2.05) is 0 Å². The van der Waals surface area contributed by atoms with Gasteiger partial charge in [-0.3, -0.25) is 4.79 Å². The summed E-state index contributed by atoms with van der Waals surface area (Å²) in [5.41, 5.74) is 0.444. The number of hydrogen-bond acceptors (Lipinski definition) is 1. The molecule has 0 aromatic rings. The third-order valence-electron chi connectivity index (χ3n) is 4.84. The van der Waals surface area contributed by atoms with Gasteiger partial charge in [-0.05, 0) is 42.9 Å². The van der Waals surface area contributed by atoms with Crippen LogP contribution in [-0.4, -0.2) is 5.78 Å². The van der Waals surface area contributed by atoms with E-state index in [2.05, 4.69) is 6.92 Å². The molecular weight excluding hydrogens is 148 g/mol. The highest BCUT2D eigenvalue weighted by Crippen LogP contribution is 2.64. The molecule has 0 aromatic carbocycles. The zero-order valence-corrected chi connectivity index (χ0v) is 7.68. The lowest BCUT2D eigenvalue weighted by atomic mass is 9.69. The minimum absolute atomic E-state index is 0.444. The molecule has 1 heteroatoms. The van der Waals surface area contributed by atoms with Crippen LogP contribution in [-0.2, 0) is 4.79 Å². The van der Waals surface area contributed by atoms with E-state index in [0.29, 0.717) is 17.1 Å². The zero-order valence-electron chi connectivity index (χ0n) is 7.68. The molecule has 0 heterocycles. The van der Waals surface area contributed by atoms with Gasteiger partial charge in [0.2, 0.25) is 0 Å². The normalized spacial score (nSPS) is 56.4. The van der Waals surface area contributed by atoms with Crippen molar-refractivity contribution in [2.45, 2.75) is 39.0 Å². The standard InChI is InChI=1S/C11H16O/c1-11-5-4-9(12)10(11)7-2-3-8(11)6-7/h7-8,10H,2-6H2,1H3/t7-,8+,10+,11+/m1/s1. The lowest BCUT2D eigenvalue weighted by Crippen LogP contribution is -2.31. The molecule has 3 fully saturated rings. The number of ketones is 1. The summed E-state index contributed by atoms with van der Waals surface area (Å²) in [5.74, 6) is 2.76. The predicted octanol–water partition coefficient (Wildman–Crippen LogP) is 2.40. The molecule has 4 atom stereocenters. The summed E-state index contributed by atoms with van der Waals surface area (Å²) < 4.78 is 0. The van der Waals surface area contributed by atoms with Gasteiger partial charge in [-0.15, -0.1) is 0 Å². The van der Waals surface area contributed by atoms with Crippen molar-refractivity contribution in [2.75, 3.05) is 0 Å². The molecule has 3 aliphatic carbocycles. The van der Waals surface area contributed by atoms with Gasteiger partial charge in [-0.1, -0.05) is 6.92 Å². The Labute approximate surface area is 73.5 Å². The van der Waals surface area contributed by atoms with E-state index in [1.165, 1.54) is 25.7 Å². The first-order valence-electron chi connectivity index (χ1n) is 5.24. The molecule has 0 amide bonds. The van der Waals surface area contributed by atoms with Gasteiger partial charge in [0, 0.05) is 12.3 Å². The third kappa shape index (κ3) is 0.605. The van der Waals surface area contributed by atoms with Crippen LogP contribution in [0.15, 0.2) is 0 Å². The number of rotatable bonds is 0. The first kappa shape index (κ1) is 7.11. The molecule has 3 rings (SSSR count). The molecule has 3 saturated carbocycles. The highest BCUT2D eigenvalue weighted by molar-refractivity contribution is 5.85. The average Bonchev–Trinajstić information content (AvgIpc) is 2.63. The summed E-state index contributed by atoms with van der Waals surface area (Å²) in [6.07, 6.45) is 6.19. The lowest BCUT2D eigenvalue weighted by Gasteiger charge is -2.34. The summed E-state index contributed by atoms with van der Waals surface area (Å²) in [6, 6.07) is 0. The van der Waals surface area contributed by atoms with Crippen molar-refractivity contribution >= 4 is 5.78 Å². The monoisotopic (exact) mass is 164 g/mol. The fourth-order valence-electron chi connectivity index (χ4n) is 4.25. The molecule has 0 N–H and O–H groups in total. The van der Waals surface area contributed by atoms with Crippen molar-refractivity contribution in [3.63, 3.8) is 0 Å². The largest absolute Gasteiger partial charge is 0.299 e. The first-order valence-corrected chi connectivity index (χ1v) is 5.24. The smallest absolute Gasteiger partial charge is 0.136 e. The minimum atomic E-state index is 0.444. The summed E-state index contributed by atoms with van der Waals surface area (Å²) in [6.45, 7) is 2.37. The van der Waals surface area contributed by atoms with Gasteiger partial charge in [-0.2, -0.15) is 0 Å². The second kappa shape index (κ2) is 1.94. The molecule has 3 aliphatic rings. The Bertz CT molecular complexity index is 245. The third-order valence-corrected chi connectivity index (χ3v) is 4.84. The van der Waals surface area contributed by atoms with Crippen LogP contribution in [0.2, 0.25) is 0 Å². The summed E-state index contributed by atoms with van der Waals surface area (Å²) >= 11 is 0. The number of Topliss-reactive ketones (excluding diaryl/α,β-unsaturated/α-hetero) is 1. The van der Waals surface area contributed by atoms with Crippen LogP contribution in [0.1, 0.15) is 39.0 Å². The molecule has 66 valence electrons. The van der Waals surface area contributed by atoms with Crippen LogP contribution in [0.5, 0.6) is 0 Å². The van der Waals surface area contributed by atoms with Crippen molar-refractivity contribution in [1.82, 2.24) is 0 Å². The van der Waals surface area contributed by atoms with Gasteiger partial charge >= 0.3 is 0 Å². The summed E-state index contributed by atoms with van der Waals surface area (Å²) in [4.78, 5) is 11.7. The first-order chi connectivity index (χ1) is 5.72. The van der Waals surface area contributed by atoms with Gasteiger partial charge in [0.05, 0.1) is 0 Å². The van der Waals surface area contributed by atoms with E-state index >= 15 is 0 Å². The highest BCUT2D eigenvalue weighted by atomic mass is 16.1. The van der Waals surface area contributed by atoms with Gasteiger partial charge in [0.1, 0.15) is 5.78 Å². The zero-order chi connectivity index (χ0) is 8.34. The minimum Gasteiger partial charge on any atom is -0.299 e. The number of fused-ring (bicyclic) bond motifs is 5. The fourth-order valence-corrected chi connectivity index (χ4v) is 4.25. The molecular formula is C11H16O. The van der Waals surface area contributed by atoms with E-state index in [1.54, 1.807) is 0 Å². The number of carbonyl (C=O) groups is 1. The maximum Gasteiger partial charge on any atom is 0.136 e. The van der Waals surface area contributed by atoms with Crippen molar-refractivity contribution in [1.29, 1.82) is 0 Å². The maximum atomic E-state index is 11.7. The molecule has 0 saturated heterocycles. The predicted molar refractivity (Wildman–Crippen MR) is 46.7 cm³/mol. The topological polar surface area (TPSA) is 17.1 Å². The molecule has 0 aliphatic heterocycles. The van der Waals surface area contributed by atoms with Gasteiger partial charge in [-0.25, -0.2) is 0 Å². The second-order valence-electron chi connectivity index (χ2n) is 5.22. The Morgan fingerprint density at radius 1 is 1.42 bits per heavy atom. The molecule has 12 heavy (non-hydrogen) atoms. The highest BCUT2D eigenvalue weighted by Gasteiger charge is 2.60. The Balaban J connectivity index is 2.05. The van der Waals surface area contributed by atoms with Crippen LogP contribution in [0, 0.1) is 23.2 Å². The molecule has 0 spiro atoms. The van der Waals surface area contributed by atoms with E-state index in [-0.39, 0.29) is 0 Å². The molecule has 0 unspecified atom stereocenters. The van der Waals surface area contributed by atoms with Gasteiger partial charge in [0.25, 0.3) is 0 Å². The van der Waals surface area contributed by atoms with Crippen molar-refractivity contribution < 1.29 is 4.79 Å². The number of carbonyl (C=O) groups excluding carboxylic acids is 1. The van der Waals surface area contributed by atoms with Crippen LogP contribution >= 0.6 is 0 Å². The van der Waals surface area contributed by atoms with E-state index < -0.39 is 0 Å². The van der Waals surface area contributed by atoms with Crippen molar-refractivity contribution in [3.05, 3.63) is 0 Å². The Morgan fingerprint density at radius 3 is 3.00 bits per heavy atom. The van der Waals surface area contributed by atoms with Crippen molar-refractivity contribution in [3.8, 4) is 0 Å². The van der Waals surface area contributed by atoms with Gasteiger partial charge < -0.3 is 0 Å². The Kier molecular flexibility index (Phi) is 1.15. The van der Waals surface area contributed by atoms with E-state index in [9.17, 15) is 4.79 Å². The van der Waals surface area contributed by atoms with Crippen LogP contribution in [0.25, 0.3) is 0 Å². The molecule has 0 radical (unpaired) electrons. The van der Waals surface area contributed by atoms with E-state index in [4.69, 9.17) is 0 Å². The maximum absolute atomic E-state index is 11.7. The lowest BCUT2D eigenvalue weighted by molar-refractivity contribution is -0.123. The van der Waals surface area contributed by atoms with Crippen LogP contribution < -0.4 is 0 Å². The van der Waals surface area contributed by atoms with Gasteiger partial charge in [0.15, 0.2) is 0 Å². The average molecular weight is 164 g/mol. The quantitative estimate of drug-likeness (QED) is 0.537. The summed E-state index contributed by atoms with van der Waals surface area (Å²) in [7, 11) is 0. The SMILES string of the molecule is C[C@@]12CCC(=O)[C@@H]1[C@@H]1CC[C@H]2C1. The second-order valence-corrected chi connectivity index (χ2v) is 5.22. The number of hydrogen-bond donors (Lipinski definition) is 0. The summed E-state index contributed by atoms with van der Waals surface area (Å²) in [5, 5.41) is 0. The Morgan fingerprint density at radius 2 is 2.25 bits per heavy atom. The van der Waals surface area contributed by atoms with Crippen LogP contribution in [0.3, 0.4) is 0 Å². The van der Waals surface area contributed by atoms with Crippen molar-refractivity contribution in [2.24, 2.45) is 23.2 Å². The molecule has 0 aromatic heterocycles. The molecule has 2 bridgehead atoms.